The third-order valence-electron chi connectivity index (χ3n) is 5.70. The Morgan fingerprint density at radius 3 is 1.70 bits per heavy atom. The van der Waals surface area contributed by atoms with Crippen LogP contribution >= 0.6 is 0 Å². The van der Waals surface area contributed by atoms with Gasteiger partial charge in [0, 0.05) is 24.5 Å². The van der Waals surface area contributed by atoms with Crippen molar-refractivity contribution < 1.29 is 4.57 Å². The van der Waals surface area contributed by atoms with Crippen LogP contribution < -0.4 is 4.57 Å². The van der Waals surface area contributed by atoms with Gasteiger partial charge in [-0.15, -0.1) is 0 Å². The molecule has 1 aromatic heterocycles. The fourth-order valence-corrected chi connectivity index (χ4v) is 3.98. The fourth-order valence-electron chi connectivity index (χ4n) is 3.98. The topological polar surface area (TPSA) is 3.88 Å². The standard InChI is InChI=1S/C26H40N/c1-3-5-6-7-8-9-10-11-12-16-21-27-22-19-25(20-23-27)26(4-2)24-17-14-13-15-18-24/h13-15,17-20,22-23,26H,3-12,16,21H2,1-2H3/q+1. The maximum Gasteiger partial charge on any atom is 0.169 e. The summed E-state index contributed by atoms with van der Waals surface area (Å²) in [6.07, 6.45) is 19.7. The molecule has 1 nitrogen and oxygen atoms in total. The van der Waals surface area contributed by atoms with Gasteiger partial charge in [-0.1, -0.05) is 95.5 Å². The Morgan fingerprint density at radius 1 is 0.630 bits per heavy atom. The van der Waals surface area contributed by atoms with E-state index in [2.05, 4.69) is 73.3 Å². The summed E-state index contributed by atoms with van der Waals surface area (Å²) in [7, 11) is 0. The minimum atomic E-state index is 0.512. The van der Waals surface area contributed by atoms with E-state index >= 15 is 0 Å². The quantitative estimate of drug-likeness (QED) is 0.242. The van der Waals surface area contributed by atoms with Crippen LogP contribution in [0.5, 0.6) is 0 Å². The van der Waals surface area contributed by atoms with Crippen LogP contribution in [0.4, 0.5) is 0 Å². The lowest BCUT2D eigenvalue weighted by Gasteiger charge is -2.15. The van der Waals surface area contributed by atoms with Crippen LogP contribution in [0, 0.1) is 0 Å². The highest BCUT2D eigenvalue weighted by Gasteiger charge is 2.13. The molecule has 0 saturated carbocycles. The maximum atomic E-state index is 2.35. The molecule has 0 spiro atoms. The van der Waals surface area contributed by atoms with E-state index in [9.17, 15) is 0 Å². The molecule has 2 rings (SSSR count). The molecule has 1 unspecified atom stereocenters. The number of hydrogen-bond acceptors (Lipinski definition) is 0. The minimum Gasteiger partial charge on any atom is -0.205 e. The highest BCUT2D eigenvalue weighted by atomic mass is 14.9. The van der Waals surface area contributed by atoms with Gasteiger partial charge in [-0.05, 0) is 24.0 Å². The Morgan fingerprint density at radius 2 is 1.15 bits per heavy atom. The normalized spacial score (nSPS) is 12.2. The Labute approximate surface area is 167 Å². The third-order valence-corrected chi connectivity index (χ3v) is 5.70. The van der Waals surface area contributed by atoms with E-state index in [1.54, 1.807) is 0 Å². The van der Waals surface area contributed by atoms with E-state index in [1.165, 1.54) is 75.3 Å². The number of aromatic nitrogens is 1. The summed E-state index contributed by atoms with van der Waals surface area (Å²) in [4.78, 5) is 0. The largest absolute Gasteiger partial charge is 0.205 e. The smallest absolute Gasteiger partial charge is 0.169 e. The first kappa shape index (κ1) is 21.7. The van der Waals surface area contributed by atoms with Gasteiger partial charge in [0.2, 0.25) is 0 Å². The van der Waals surface area contributed by atoms with Gasteiger partial charge in [-0.3, -0.25) is 0 Å². The molecule has 0 N–H and O–H groups in total. The van der Waals surface area contributed by atoms with Gasteiger partial charge in [0.05, 0.1) is 0 Å². The maximum absolute atomic E-state index is 2.35. The first-order valence-corrected chi connectivity index (χ1v) is 11.4. The number of unbranched alkanes of at least 4 members (excludes halogenated alkanes) is 9. The predicted molar refractivity (Wildman–Crippen MR) is 117 cm³/mol. The lowest BCUT2D eigenvalue weighted by Crippen LogP contribution is -2.32. The third kappa shape index (κ3) is 8.28. The number of nitrogens with zero attached hydrogens (tertiary/aromatic N) is 1. The van der Waals surface area contributed by atoms with Crippen molar-refractivity contribution >= 4 is 0 Å². The summed E-state index contributed by atoms with van der Waals surface area (Å²) >= 11 is 0. The molecule has 1 heteroatoms. The lowest BCUT2D eigenvalue weighted by molar-refractivity contribution is -0.697. The van der Waals surface area contributed by atoms with E-state index in [0.29, 0.717) is 5.92 Å². The van der Waals surface area contributed by atoms with Crippen molar-refractivity contribution in [1.82, 2.24) is 0 Å². The predicted octanol–water partition coefficient (Wildman–Crippen LogP) is 7.44. The Balaban J connectivity index is 1.64. The highest BCUT2D eigenvalue weighted by molar-refractivity contribution is 5.30. The summed E-state index contributed by atoms with van der Waals surface area (Å²) in [6.45, 7) is 5.72. The van der Waals surface area contributed by atoms with E-state index in [4.69, 9.17) is 0 Å². The van der Waals surface area contributed by atoms with Crippen molar-refractivity contribution in [3.05, 3.63) is 66.0 Å². The second-order valence-corrected chi connectivity index (χ2v) is 7.92. The van der Waals surface area contributed by atoms with Crippen LogP contribution in [0.2, 0.25) is 0 Å². The second kappa shape index (κ2) is 13.5. The van der Waals surface area contributed by atoms with Crippen LogP contribution in [-0.2, 0) is 6.54 Å². The Hall–Kier alpha value is -1.63. The number of rotatable bonds is 14. The molecular weight excluding hydrogens is 326 g/mol. The number of pyridine rings is 1. The zero-order chi connectivity index (χ0) is 19.2. The van der Waals surface area contributed by atoms with Crippen molar-refractivity contribution in [3.63, 3.8) is 0 Å². The molecule has 1 aromatic carbocycles. The molecule has 27 heavy (non-hydrogen) atoms. The molecule has 0 aliphatic carbocycles. The van der Waals surface area contributed by atoms with Gasteiger partial charge < -0.3 is 0 Å². The van der Waals surface area contributed by atoms with Gasteiger partial charge in [0.15, 0.2) is 12.4 Å². The van der Waals surface area contributed by atoms with Crippen molar-refractivity contribution in [2.75, 3.05) is 0 Å². The SMILES string of the molecule is CCCCCCCCCCCC[n+]1ccc(C(CC)c2ccccc2)cc1. The number of benzene rings is 1. The number of hydrogen-bond donors (Lipinski definition) is 0. The Bertz CT molecular complexity index is 587. The molecular formula is C26H40N+. The monoisotopic (exact) mass is 366 g/mol. The van der Waals surface area contributed by atoms with Gasteiger partial charge in [0.25, 0.3) is 0 Å². The van der Waals surface area contributed by atoms with Crippen molar-refractivity contribution in [2.24, 2.45) is 0 Å². The van der Waals surface area contributed by atoms with E-state index in [0.717, 1.165) is 13.0 Å². The molecule has 0 fully saturated rings. The Kier molecular flexibility index (Phi) is 10.9. The minimum absolute atomic E-state index is 0.512. The van der Waals surface area contributed by atoms with Crippen molar-refractivity contribution in [1.29, 1.82) is 0 Å². The van der Waals surface area contributed by atoms with Crippen LogP contribution in [0.25, 0.3) is 0 Å². The van der Waals surface area contributed by atoms with E-state index < -0.39 is 0 Å². The molecule has 1 atom stereocenters. The summed E-state index contributed by atoms with van der Waals surface area (Å²) in [5, 5.41) is 0. The molecule has 1 heterocycles. The molecule has 0 amide bonds. The van der Waals surface area contributed by atoms with Gasteiger partial charge >= 0.3 is 0 Å². The highest BCUT2D eigenvalue weighted by Crippen LogP contribution is 2.26. The summed E-state index contributed by atoms with van der Waals surface area (Å²) in [5.41, 5.74) is 2.86. The van der Waals surface area contributed by atoms with E-state index in [1.807, 2.05) is 0 Å². The van der Waals surface area contributed by atoms with Crippen molar-refractivity contribution in [2.45, 2.75) is 96.9 Å². The zero-order valence-corrected chi connectivity index (χ0v) is 17.7. The molecule has 0 radical (unpaired) electrons. The average molecular weight is 367 g/mol. The first-order chi connectivity index (χ1) is 13.3. The van der Waals surface area contributed by atoms with Crippen LogP contribution in [0.3, 0.4) is 0 Å². The fraction of sp³-hybridized carbons (Fsp3) is 0.577. The molecule has 0 aliphatic rings. The molecule has 2 aromatic rings. The molecule has 0 aliphatic heterocycles. The van der Waals surface area contributed by atoms with Gasteiger partial charge in [-0.25, -0.2) is 4.57 Å². The van der Waals surface area contributed by atoms with Crippen LogP contribution in [0.1, 0.15) is 102 Å². The average Bonchev–Trinajstić information content (AvgIpc) is 2.72. The second-order valence-electron chi connectivity index (χ2n) is 7.92. The zero-order valence-electron chi connectivity index (χ0n) is 17.7. The van der Waals surface area contributed by atoms with Crippen LogP contribution in [-0.4, -0.2) is 0 Å². The van der Waals surface area contributed by atoms with E-state index in [-0.39, 0.29) is 0 Å². The van der Waals surface area contributed by atoms with Gasteiger partial charge in [0.1, 0.15) is 6.54 Å². The van der Waals surface area contributed by atoms with Gasteiger partial charge in [-0.2, -0.15) is 0 Å². The first-order valence-electron chi connectivity index (χ1n) is 11.4. The molecule has 148 valence electrons. The van der Waals surface area contributed by atoms with Crippen LogP contribution in [0.15, 0.2) is 54.9 Å². The molecule has 0 bridgehead atoms. The summed E-state index contributed by atoms with van der Waals surface area (Å²) in [5.74, 6) is 0.512. The number of aryl methyl sites for hydroxylation is 1. The lowest BCUT2D eigenvalue weighted by atomic mass is 9.90. The van der Waals surface area contributed by atoms with Crippen molar-refractivity contribution in [3.8, 4) is 0 Å². The molecule has 0 saturated heterocycles. The summed E-state index contributed by atoms with van der Waals surface area (Å²) in [6, 6.07) is 15.5. The summed E-state index contributed by atoms with van der Waals surface area (Å²) < 4.78 is 2.35.